The highest BCUT2D eigenvalue weighted by Gasteiger charge is 2.27. The summed E-state index contributed by atoms with van der Waals surface area (Å²) in [6.45, 7) is 12.2. The molecular formula is C26H35ClN2O3. The molecule has 2 unspecified atom stereocenters. The van der Waals surface area contributed by atoms with Gasteiger partial charge in [-0.15, -0.1) is 0 Å². The average Bonchev–Trinajstić information content (AvgIpc) is 2.76. The molecule has 2 aromatic carbocycles. The molecular weight excluding hydrogens is 424 g/mol. The highest BCUT2D eigenvalue weighted by atomic mass is 35.5. The van der Waals surface area contributed by atoms with E-state index in [1.165, 1.54) is 10.5 Å². The molecule has 2 atom stereocenters. The third-order valence-electron chi connectivity index (χ3n) is 5.55. The van der Waals surface area contributed by atoms with E-state index in [4.69, 9.17) is 16.3 Å². The van der Waals surface area contributed by atoms with Gasteiger partial charge in [-0.25, -0.2) is 0 Å². The topological polar surface area (TPSA) is 58.6 Å². The lowest BCUT2D eigenvalue weighted by molar-refractivity contribution is -0.142. The molecule has 0 bridgehead atoms. The summed E-state index contributed by atoms with van der Waals surface area (Å²) < 4.78 is 5.76. The Morgan fingerprint density at radius 2 is 1.69 bits per heavy atom. The number of nitrogens with zero attached hydrogens (tertiary/aromatic N) is 1. The number of carbonyl (C=O) groups is 2. The number of halogens is 1. The number of carbonyl (C=O) groups excluding carboxylic acids is 2. The Morgan fingerprint density at radius 3 is 2.25 bits per heavy atom. The third-order valence-corrected chi connectivity index (χ3v) is 5.92. The summed E-state index contributed by atoms with van der Waals surface area (Å²) in [5.74, 6) is 0.131. The first-order chi connectivity index (χ1) is 15.0. The molecule has 2 aromatic rings. The Kier molecular flexibility index (Phi) is 9.14. The van der Waals surface area contributed by atoms with E-state index in [1.54, 1.807) is 13.0 Å². The second kappa shape index (κ2) is 11.4. The first-order valence-electron chi connectivity index (χ1n) is 11.1. The van der Waals surface area contributed by atoms with Crippen molar-refractivity contribution in [3.63, 3.8) is 0 Å². The molecule has 2 amide bonds. The molecule has 0 aliphatic rings. The van der Waals surface area contributed by atoms with Gasteiger partial charge in [0.1, 0.15) is 11.8 Å². The van der Waals surface area contributed by atoms with E-state index in [9.17, 15) is 9.59 Å². The fourth-order valence-corrected chi connectivity index (χ4v) is 3.33. The number of nitrogens with one attached hydrogen (secondary N) is 1. The van der Waals surface area contributed by atoms with Gasteiger partial charge in [-0.1, -0.05) is 69.6 Å². The smallest absolute Gasteiger partial charge is 0.261 e. The predicted molar refractivity (Wildman–Crippen MR) is 130 cm³/mol. The van der Waals surface area contributed by atoms with Crippen LogP contribution in [0.4, 0.5) is 0 Å². The molecule has 0 aromatic heterocycles. The quantitative estimate of drug-likeness (QED) is 0.551. The monoisotopic (exact) mass is 458 g/mol. The molecule has 0 radical (unpaired) electrons. The minimum atomic E-state index is -0.667. The molecule has 0 aliphatic heterocycles. The van der Waals surface area contributed by atoms with Crippen LogP contribution in [0.5, 0.6) is 5.75 Å². The van der Waals surface area contributed by atoms with Gasteiger partial charge in [-0.3, -0.25) is 9.59 Å². The zero-order valence-electron chi connectivity index (χ0n) is 19.9. The maximum absolute atomic E-state index is 13.1. The van der Waals surface area contributed by atoms with Crippen LogP contribution in [0.15, 0.2) is 48.5 Å². The van der Waals surface area contributed by atoms with Crippen LogP contribution < -0.4 is 10.1 Å². The fraction of sp³-hybridized carbons (Fsp3) is 0.462. The Labute approximate surface area is 197 Å². The van der Waals surface area contributed by atoms with Gasteiger partial charge in [0, 0.05) is 17.6 Å². The lowest BCUT2D eigenvalue weighted by Gasteiger charge is -2.30. The van der Waals surface area contributed by atoms with E-state index in [1.807, 2.05) is 56.3 Å². The number of amides is 2. The van der Waals surface area contributed by atoms with Gasteiger partial charge in [-0.2, -0.15) is 0 Å². The summed E-state index contributed by atoms with van der Waals surface area (Å²) in [6.07, 6.45) is 0.810. The molecule has 0 saturated carbocycles. The van der Waals surface area contributed by atoms with Crippen LogP contribution in [-0.4, -0.2) is 35.4 Å². The van der Waals surface area contributed by atoms with Crippen LogP contribution in [0.2, 0.25) is 5.02 Å². The summed E-state index contributed by atoms with van der Waals surface area (Å²) in [4.78, 5) is 27.4. The zero-order chi connectivity index (χ0) is 23.9. The number of hydrogen-bond donors (Lipinski definition) is 1. The van der Waals surface area contributed by atoms with E-state index < -0.39 is 6.04 Å². The van der Waals surface area contributed by atoms with Crippen molar-refractivity contribution in [1.29, 1.82) is 0 Å². The summed E-state index contributed by atoms with van der Waals surface area (Å²) in [5.41, 5.74) is 2.01. The summed E-state index contributed by atoms with van der Waals surface area (Å²) >= 11 is 6.32. The lowest BCUT2D eigenvalue weighted by atomic mass is 9.87. The minimum Gasteiger partial charge on any atom is -0.484 e. The molecule has 2 rings (SSSR count). The first kappa shape index (κ1) is 25.7. The van der Waals surface area contributed by atoms with Gasteiger partial charge in [-0.05, 0) is 55.0 Å². The van der Waals surface area contributed by atoms with Crippen molar-refractivity contribution in [2.45, 2.75) is 72.0 Å². The number of hydrogen-bond acceptors (Lipinski definition) is 3. The predicted octanol–water partition coefficient (Wildman–Crippen LogP) is 5.35. The van der Waals surface area contributed by atoms with E-state index in [0.717, 1.165) is 12.0 Å². The standard InChI is InChI=1S/C26H35ClN2O3/c1-7-18(2)28-25(31)19(3)29(16-20-10-8-9-11-23(20)27)24(30)17-32-22-14-12-21(13-15-22)26(4,5)6/h8-15,18-19H,7,16-17H2,1-6H3,(H,28,31). The van der Waals surface area contributed by atoms with Crippen LogP contribution in [0, 0.1) is 0 Å². The summed E-state index contributed by atoms with van der Waals surface area (Å²) in [6, 6.07) is 14.4. The number of benzene rings is 2. The largest absolute Gasteiger partial charge is 0.484 e. The maximum atomic E-state index is 13.1. The molecule has 174 valence electrons. The molecule has 0 heterocycles. The van der Waals surface area contributed by atoms with Crippen LogP contribution in [0.1, 0.15) is 59.1 Å². The van der Waals surface area contributed by atoms with Crippen LogP contribution in [0.25, 0.3) is 0 Å². The highest BCUT2D eigenvalue weighted by molar-refractivity contribution is 6.31. The maximum Gasteiger partial charge on any atom is 0.261 e. The van der Waals surface area contributed by atoms with E-state index in [0.29, 0.717) is 10.8 Å². The Morgan fingerprint density at radius 1 is 1.06 bits per heavy atom. The molecule has 0 spiro atoms. The van der Waals surface area contributed by atoms with Crippen molar-refractivity contribution < 1.29 is 14.3 Å². The van der Waals surface area contributed by atoms with Gasteiger partial charge < -0.3 is 15.0 Å². The van der Waals surface area contributed by atoms with Gasteiger partial charge in [0.15, 0.2) is 6.61 Å². The van der Waals surface area contributed by atoms with Crippen molar-refractivity contribution in [2.24, 2.45) is 0 Å². The summed E-state index contributed by atoms with van der Waals surface area (Å²) in [7, 11) is 0. The first-order valence-corrected chi connectivity index (χ1v) is 11.5. The van der Waals surface area contributed by atoms with E-state index in [2.05, 4.69) is 26.1 Å². The second-order valence-corrected chi connectivity index (χ2v) is 9.58. The lowest BCUT2D eigenvalue weighted by Crippen LogP contribution is -2.50. The Bertz CT molecular complexity index is 906. The Hall–Kier alpha value is -2.53. The van der Waals surface area contributed by atoms with Crippen LogP contribution >= 0.6 is 11.6 Å². The summed E-state index contributed by atoms with van der Waals surface area (Å²) in [5, 5.41) is 3.51. The van der Waals surface area contributed by atoms with Crippen LogP contribution in [-0.2, 0) is 21.5 Å². The minimum absolute atomic E-state index is 0.0276. The van der Waals surface area contributed by atoms with Crippen molar-refractivity contribution in [3.8, 4) is 5.75 Å². The third kappa shape index (κ3) is 7.27. The molecule has 5 nitrogen and oxygen atoms in total. The van der Waals surface area contributed by atoms with Crippen LogP contribution in [0.3, 0.4) is 0 Å². The van der Waals surface area contributed by atoms with Gasteiger partial charge in [0.25, 0.3) is 5.91 Å². The normalized spacial score (nSPS) is 13.2. The number of ether oxygens (including phenoxy) is 1. The zero-order valence-corrected chi connectivity index (χ0v) is 20.7. The second-order valence-electron chi connectivity index (χ2n) is 9.17. The van der Waals surface area contributed by atoms with Gasteiger partial charge in [0.2, 0.25) is 5.91 Å². The molecule has 0 saturated heterocycles. The highest BCUT2D eigenvalue weighted by Crippen LogP contribution is 2.24. The van der Waals surface area contributed by atoms with Crippen molar-refractivity contribution in [3.05, 3.63) is 64.7 Å². The molecule has 0 aliphatic carbocycles. The van der Waals surface area contributed by atoms with E-state index in [-0.39, 0.29) is 36.4 Å². The SMILES string of the molecule is CCC(C)NC(=O)C(C)N(Cc1ccccc1Cl)C(=O)COc1ccc(C(C)(C)C)cc1. The van der Waals surface area contributed by atoms with Crippen molar-refractivity contribution >= 4 is 23.4 Å². The van der Waals surface area contributed by atoms with Gasteiger partial charge >= 0.3 is 0 Å². The molecule has 32 heavy (non-hydrogen) atoms. The fourth-order valence-electron chi connectivity index (χ4n) is 3.14. The number of rotatable bonds is 9. The Balaban J connectivity index is 2.15. The van der Waals surface area contributed by atoms with Gasteiger partial charge in [0.05, 0.1) is 0 Å². The molecule has 0 fully saturated rings. The average molecular weight is 459 g/mol. The van der Waals surface area contributed by atoms with E-state index >= 15 is 0 Å². The molecule has 6 heteroatoms. The van der Waals surface area contributed by atoms with Crippen molar-refractivity contribution in [1.82, 2.24) is 10.2 Å². The molecule has 1 N–H and O–H groups in total. The van der Waals surface area contributed by atoms with Crippen molar-refractivity contribution in [2.75, 3.05) is 6.61 Å².